The van der Waals surface area contributed by atoms with Crippen molar-refractivity contribution < 1.29 is 20.4 Å². The fourth-order valence-corrected chi connectivity index (χ4v) is 3.34. The highest BCUT2D eigenvalue weighted by Crippen LogP contribution is 2.40. The van der Waals surface area contributed by atoms with Gasteiger partial charge >= 0.3 is 0 Å². The zero-order valence-corrected chi connectivity index (χ0v) is 11.7. The molecule has 1 aliphatic carbocycles. The van der Waals surface area contributed by atoms with E-state index < -0.39 is 24.4 Å². The summed E-state index contributed by atoms with van der Waals surface area (Å²) in [5.74, 6) is 0. The van der Waals surface area contributed by atoms with E-state index in [2.05, 4.69) is 0 Å². The van der Waals surface area contributed by atoms with E-state index in [-0.39, 0.29) is 0 Å². The number of hydrogen-bond acceptors (Lipinski definition) is 4. The van der Waals surface area contributed by atoms with Gasteiger partial charge in [0.05, 0.1) is 0 Å². The molecule has 0 heterocycles. The Morgan fingerprint density at radius 1 is 0.591 bits per heavy atom. The van der Waals surface area contributed by atoms with Crippen molar-refractivity contribution in [2.24, 2.45) is 0 Å². The lowest BCUT2D eigenvalue weighted by Gasteiger charge is -2.34. The molecule has 4 rings (SSSR count). The summed E-state index contributed by atoms with van der Waals surface area (Å²) >= 11 is 0. The lowest BCUT2D eigenvalue weighted by atomic mass is 9.81. The first-order valence-corrected chi connectivity index (χ1v) is 7.25. The van der Waals surface area contributed by atoms with E-state index in [1.54, 1.807) is 12.1 Å². The Morgan fingerprint density at radius 2 is 1.18 bits per heavy atom. The second-order valence-corrected chi connectivity index (χ2v) is 5.86. The largest absolute Gasteiger partial charge is 0.387 e. The van der Waals surface area contributed by atoms with Crippen LogP contribution in [0.4, 0.5) is 0 Å². The lowest BCUT2D eigenvalue weighted by molar-refractivity contribution is -0.120. The van der Waals surface area contributed by atoms with Crippen molar-refractivity contribution in [3.05, 3.63) is 59.7 Å². The number of fused-ring (bicyclic) bond motifs is 4. The smallest absolute Gasteiger partial charge is 0.113 e. The molecule has 0 saturated heterocycles. The molecule has 0 saturated carbocycles. The Bertz CT molecular complexity index is 873. The average Bonchev–Trinajstić information content (AvgIpc) is 2.56. The van der Waals surface area contributed by atoms with Crippen molar-refractivity contribution in [2.45, 2.75) is 24.4 Å². The Labute approximate surface area is 126 Å². The zero-order valence-electron chi connectivity index (χ0n) is 11.7. The molecule has 1 aliphatic rings. The summed E-state index contributed by atoms with van der Waals surface area (Å²) in [5.41, 5.74) is 0.933. The monoisotopic (exact) mass is 296 g/mol. The number of rotatable bonds is 0. The van der Waals surface area contributed by atoms with Gasteiger partial charge in [-0.05, 0) is 44.8 Å². The molecular formula is C18H16O4. The maximum absolute atomic E-state index is 10.2. The highest BCUT2D eigenvalue weighted by molar-refractivity contribution is 6.07. The summed E-state index contributed by atoms with van der Waals surface area (Å²) in [7, 11) is 0. The standard InChI is InChI=1S/C18H16O4/c19-15-13-7-10-6-5-9-3-1-2-4-11(9)12(10)8-14(13)16(20)18(22)17(15)21/h1-8,15-22H. The van der Waals surface area contributed by atoms with Crippen LogP contribution in [0.2, 0.25) is 0 Å². The van der Waals surface area contributed by atoms with Crippen LogP contribution in [0, 0.1) is 0 Å². The Kier molecular flexibility index (Phi) is 2.96. The fourth-order valence-electron chi connectivity index (χ4n) is 3.34. The predicted octanol–water partition coefficient (Wildman–Crippen LogP) is 1.80. The molecule has 0 radical (unpaired) electrons. The van der Waals surface area contributed by atoms with Crippen LogP contribution in [-0.4, -0.2) is 32.6 Å². The van der Waals surface area contributed by atoms with E-state index in [0.717, 1.165) is 21.5 Å². The summed E-state index contributed by atoms with van der Waals surface area (Å²) in [6.45, 7) is 0. The molecule has 4 nitrogen and oxygen atoms in total. The summed E-state index contributed by atoms with van der Waals surface area (Å²) in [5, 5.41) is 44.1. The predicted molar refractivity (Wildman–Crippen MR) is 83.4 cm³/mol. The molecule has 22 heavy (non-hydrogen) atoms. The fraction of sp³-hybridized carbons (Fsp3) is 0.222. The van der Waals surface area contributed by atoms with Crippen LogP contribution in [0.3, 0.4) is 0 Å². The third kappa shape index (κ3) is 1.79. The molecule has 0 aromatic heterocycles. The first-order valence-electron chi connectivity index (χ1n) is 7.25. The van der Waals surface area contributed by atoms with Gasteiger partial charge in [-0.1, -0.05) is 36.4 Å². The molecule has 4 atom stereocenters. The van der Waals surface area contributed by atoms with Gasteiger partial charge in [0.15, 0.2) is 0 Å². The Morgan fingerprint density at radius 3 is 1.91 bits per heavy atom. The molecule has 3 aromatic rings. The first-order chi connectivity index (χ1) is 10.6. The molecule has 4 heteroatoms. The van der Waals surface area contributed by atoms with Crippen LogP contribution < -0.4 is 0 Å². The number of aliphatic hydroxyl groups excluding tert-OH is 4. The summed E-state index contributed by atoms with van der Waals surface area (Å²) < 4.78 is 0. The second kappa shape index (κ2) is 4.76. The Balaban J connectivity index is 2.06. The molecule has 4 N–H and O–H groups in total. The van der Waals surface area contributed by atoms with Crippen molar-refractivity contribution in [1.29, 1.82) is 0 Å². The third-order valence-corrected chi connectivity index (χ3v) is 4.58. The van der Waals surface area contributed by atoms with Crippen LogP contribution in [0.1, 0.15) is 23.3 Å². The number of hydrogen-bond donors (Lipinski definition) is 4. The highest BCUT2D eigenvalue weighted by Gasteiger charge is 2.39. The molecule has 0 bridgehead atoms. The summed E-state index contributed by atoms with van der Waals surface area (Å²) in [4.78, 5) is 0. The van der Waals surface area contributed by atoms with E-state index in [9.17, 15) is 20.4 Å². The quantitative estimate of drug-likeness (QED) is 0.477. The zero-order chi connectivity index (χ0) is 15.4. The molecule has 112 valence electrons. The molecular weight excluding hydrogens is 280 g/mol. The molecule has 0 fully saturated rings. The van der Waals surface area contributed by atoms with Gasteiger partial charge in [-0.25, -0.2) is 0 Å². The van der Waals surface area contributed by atoms with E-state index in [4.69, 9.17) is 0 Å². The first kappa shape index (κ1) is 13.7. The second-order valence-electron chi connectivity index (χ2n) is 5.86. The Hall–Kier alpha value is -1.98. The van der Waals surface area contributed by atoms with Gasteiger partial charge in [-0.3, -0.25) is 0 Å². The minimum Gasteiger partial charge on any atom is -0.387 e. The van der Waals surface area contributed by atoms with Crippen LogP contribution >= 0.6 is 0 Å². The molecule has 3 aromatic carbocycles. The van der Waals surface area contributed by atoms with E-state index >= 15 is 0 Å². The van der Waals surface area contributed by atoms with Gasteiger partial charge < -0.3 is 20.4 Å². The maximum atomic E-state index is 10.2. The number of benzene rings is 3. The van der Waals surface area contributed by atoms with Crippen molar-refractivity contribution >= 4 is 21.5 Å². The molecule has 0 amide bonds. The van der Waals surface area contributed by atoms with Crippen LogP contribution in [-0.2, 0) is 0 Å². The molecule has 0 aliphatic heterocycles. The van der Waals surface area contributed by atoms with Crippen molar-refractivity contribution in [1.82, 2.24) is 0 Å². The third-order valence-electron chi connectivity index (χ3n) is 4.58. The topological polar surface area (TPSA) is 80.9 Å². The van der Waals surface area contributed by atoms with E-state index in [1.165, 1.54) is 0 Å². The van der Waals surface area contributed by atoms with Gasteiger partial charge in [0.2, 0.25) is 0 Å². The van der Waals surface area contributed by atoms with Crippen LogP contribution in [0.15, 0.2) is 48.5 Å². The van der Waals surface area contributed by atoms with Crippen molar-refractivity contribution in [3.8, 4) is 0 Å². The van der Waals surface area contributed by atoms with Gasteiger partial charge in [-0.2, -0.15) is 0 Å². The van der Waals surface area contributed by atoms with Gasteiger partial charge in [0, 0.05) is 0 Å². The maximum Gasteiger partial charge on any atom is 0.113 e. The summed E-state index contributed by atoms with van der Waals surface area (Å²) in [6, 6.07) is 15.5. The summed E-state index contributed by atoms with van der Waals surface area (Å²) in [6.07, 6.45) is -5.20. The highest BCUT2D eigenvalue weighted by atomic mass is 16.4. The minimum absolute atomic E-state index is 0.466. The molecule has 0 spiro atoms. The van der Waals surface area contributed by atoms with Crippen LogP contribution in [0.5, 0.6) is 0 Å². The SMILES string of the molecule is OC1c2cc3ccc4ccccc4c3cc2C(O)C(O)C1O. The van der Waals surface area contributed by atoms with Crippen molar-refractivity contribution in [3.63, 3.8) is 0 Å². The minimum atomic E-state index is -1.39. The number of aliphatic hydroxyl groups is 4. The van der Waals surface area contributed by atoms with Gasteiger partial charge in [0.25, 0.3) is 0 Å². The molecule has 4 unspecified atom stereocenters. The van der Waals surface area contributed by atoms with Gasteiger partial charge in [-0.15, -0.1) is 0 Å². The average molecular weight is 296 g/mol. The van der Waals surface area contributed by atoms with Crippen molar-refractivity contribution in [2.75, 3.05) is 0 Å². The lowest BCUT2D eigenvalue weighted by Crippen LogP contribution is -2.41. The van der Waals surface area contributed by atoms with Crippen LogP contribution in [0.25, 0.3) is 21.5 Å². The van der Waals surface area contributed by atoms with E-state index in [0.29, 0.717) is 11.1 Å². The van der Waals surface area contributed by atoms with Gasteiger partial charge in [0.1, 0.15) is 24.4 Å². The van der Waals surface area contributed by atoms with E-state index in [1.807, 2.05) is 36.4 Å². The normalized spacial score (nSPS) is 28.0.